The van der Waals surface area contributed by atoms with Crippen molar-refractivity contribution in [3.8, 4) is 6.07 Å². The maximum Gasteiger partial charge on any atom is 0.270 e. The fraction of sp³-hybridized carbons (Fsp3) is 0.312. The molecule has 0 atom stereocenters. The highest BCUT2D eigenvalue weighted by atomic mass is 32.2. The van der Waals surface area contributed by atoms with Crippen LogP contribution in [0.5, 0.6) is 0 Å². The van der Waals surface area contributed by atoms with Gasteiger partial charge in [-0.15, -0.1) is 0 Å². The van der Waals surface area contributed by atoms with Crippen LogP contribution in [0.1, 0.15) is 42.0 Å². The number of aromatic nitrogens is 1. The number of amides is 1. The molecule has 0 spiro atoms. The van der Waals surface area contributed by atoms with Gasteiger partial charge < -0.3 is 9.80 Å². The van der Waals surface area contributed by atoms with Gasteiger partial charge in [0.25, 0.3) is 11.5 Å². The molecule has 3 heterocycles. The van der Waals surface area contributed by atoms with E-state index < -0.39 is 0 Å². The molecule has 0 aliphatic carbocycles. The van der Waals surface area contributed by atoms with Crippen molar-refractivity contribution in [2.75, 3.05) is 36.0 Å². The van der Waals surface area contributed by atoms with Crippen LogP contribution in [0.4, 0.5) is 20.3 Å². The van der Waals surface area contributed by atoms with Crippen molar-refractivity contribution in [1.29, 1.82) is 5.26 Å². The summed E-state index contributed by atoms with van der Waals surface area (Å²) >= 11 is 6.71. The van der Waals surface area contributed by atoms with Gasteiger partial charge in [-0.2, -0.15) is 5.26 Å². The lowest BCUT2D eigenvalue weighted by molar-refractivity contribution is -0.122. The van der Waals surface area contributed by atoms with Gasteiger partial charge in [0, 0.05) is 38.3 Å². The number of piperazine rings is 1. The number of halogens is 2. The zero-order valence-corrected chi connectivity index (χ0v) is 25.6. The smallest absolute Gasteiger partial charge is 0.270 e. The molecule has 0 unspecified atom stereocenters. The molecule has 43 heavy (non-hydrogen) atoms. The Morgan fingerprint density at radius 2 is 1.70 bits per heavy atom. The maximum absolute atomic E-state index is 14.5. The van der Waals surface area contributed by atoms with Crippen LogP contribution >= 0.6 is 24.0 Å². The molecule has 0 saturated carbocycles. The van der Waals surface area contributed by atoms with E-state index in [1.807, 2.05) is 17.9 Å². The first-order valence-electron chi connectivity index (χ1n) is 14.1. The molecule has 1 aromatic heterocycles. The number of carbonyl (C=O) groups excluding carboxylic acids is 1. The van der Waals surface area contributed by atoms with Crippen LogP contribution in [0, 0.1) is 29.9 Å². The molecule has 2 aromatic carbocycles. The van der Waals surface area contributed by atoms with E-state index in [9.17, 15) is 23.6 Å². The number of unbranched alkanes of at least 4 members (excludes halogenated alkanes) is 1. The van der Waals surface area contributed by atoms with E-state index in [1.165, 1.54) is 23.1 Å². The summed E-state index contributed by atoms with van der Waals surface area (Å²) in [5, 5.41) is 9.97. The molecule has 222 valence electrons. The maximum atomic E-state index is 14.5. The lowest BCUT2D eigenvalue weighted by atomic mass is 10.0. The molecule has 2 fully saturated rings. The van der Waals surface area contributed by atoms with Crippen molar-refractivity contribution in [3.63, 3.8) is 0 Å². The van der Waals surface area contributed by atoms with Gasteiger partial charge in [0.1, 0.15) is 33.4 Å². The Bertz CT molecular complexity index is 1690. The zero-order chi connectivity index (χ0) is 30.7. The van der Waals surface area contributed by atoms with Crippen LogP contribution < -0.4 is 15.4 Å². The summed E-state index contributed by atoms with van der Waals surface area (Å²) in [7, 11) is 0. The summed E-state index contributed by atoms with van der Waals surface area (Å²) in [6, 6.07) is 14.7. The molecule has 2 aliphatic heterocycles. The van der Waals surface area contributed by atoms with Crippen LogP contribution in [0.15, 0.2) is 58.2 Å². The third-order valence-electron chi connectivity index (χ3n) is 7.76. The highest BCUT2D eigenvalue weighted by Crippen LogP contribution is 2.37. The molecule has 5 rings (SSSR count). The predicted molar refractivity (Wildman–Crippen MR) is 171 cm³/mol. The fourth-order valence-electron chi connectivity index (χ4n) is 5.42. The Morgan fingerprint density at radius 1 is 1.02 bits per heavy atom. The van der Waals surface area contributed by atoms with Crippen LogP contribution in [0.2, 0.25) is 0 Å². The summed E-state index contributed by atoms with van der Waals surface area (Å²) in [5.41, 5.74) is 2.07. The lowest BCUT2D eigenvalue weighted by Crippen LogP contribution is -2.49. The van der Waals surface area contributed by atoms with Crippen molar-refractivity contribution in [2.45, 2.75) is 39.8 Å². The number of hydrogen-bond acceptors (Lipinski definition) is 7. The molecule has 2 aliphatic rings. The Balaban J connectivity index is 1.54. The molecule has 11 heteroatoms. The first-order chi connectivity index (χ1) is 20.7. The van der Waals surface area contributed by atoms with E-state index >= 15 is 0 Å². The summed E-state index contributed by atoms with van der Waals surface area (Å²) < 4.78 is 30.0. The molecular formula is C32H31F2N5O2S2. The lowest BCUT2D eigenvalue weighted by Gasteiger charge is -2.39. The number of rotatable bonds is 8. The Labute approximate surface area is 259 Å². The van der Waals surface area contributed by atoms with E-state index in [0.29, 0.717) is 64.6 Å². The molecule has 1 amide bonds. The third kappa shape index (κ3) is 6.21. The first-order valence-corrected chi connectivity index (χ1v) is 15.4. The quantitative estimate of drug-likeness (QED) is 0.232. The van der Waals surface area contributed by atoms with Gasteiger partial charge in [0.05, 0.1) is 17.1 Å². The second kappa shape index (κ2) is 13.1. The summed E-state index contributed by atoms with van der Waals surface area (Å²) in [5.74, 6) is -0.294. The molecule has 0 bridgehead atoms. The Kier molecular flexibility index (Phi) is 9.28. The number of nitriles is 1. The highest BCUT2D eigenvalue weighted by molar-refractivity contribution is 8.26. The van der Waals surface area contributed by atoms with E-state index in [4.69, 9.17) is 12.2 Å². The Morgan fingerprint density at radius 3 is 2.35 bits per heavy atom. The van der Waals surface area contributed by atoms with Crippen molar-refractivity contribution < 1.29 is 13.6 Å². The first kappa shape index (κ1) is 30.4. The van der Waals surface area contributed by atoms with E-state index in [2.05, 4.69) is 11.0 Å². The standard InChI is InChI=1S/C32H31F2N5O2S2/c1-3-4-13-38-29(37-16-14-36(15-17-37)27-8-6-5-7-26(27)34)24(21(2)25(19-35)30(38)40)18-28-31(41)39(32(42)43-28)20-22-9-11-23(33)12-10-22/h5-12,18H,3-4,13-17,20H2,1-2H3. The second-order valence-electron chi connectivity index (χ2n) is 10.5. The van der Waals surface area contributed by atoms with Gasteiger partial charge in [-0.25, -0.2) is 8.78 Å². The van der Waals surface area contributed by atoms with Gasteiger partial charge >= 0.3 is 0 Å². The number of thiocarbonyl (C=S) groups is 1. The summed E-state index contributed by atoms with van der Waals surface area (Å²) in [6.07, 6.45) is 3.32. The largest absolute Gasteiger partial charge is 0.366 e. The minimum absolute atomic E-state index is 0.0397. The van der Waals surface area contributed by atoms with Gasteiger partial charge in [-0.3, -0.25) is 19.1 Å². The molecular weight excluding hydrogens is 589 g/mol. The fourth-order valence-corrected chi connectivity index (χ4v) is 6.65. The van der Waals surface area contributed by atoms with Gasteiger partial charge in [-0.1, -0.05) is 61.6 Å². The van der Waals surface area contributed by atoms with Crippen molar-refractivity contribution >= 4 is 51.8 Å². The topological polar surface area (TPSA) is 72.6 Å². The summed E-state index contributed by atoms with van der Waals surface area (Å²) in [6.45, 7) is 6.46. The summed E-state index contributed by atoms with van der Waals surface area (Å²) in [4.78, 5) is 33.1. The average molecular weight is 620 g/mol. The van der Waals surface area contributed by atoms with Crippen LogP contribution in [0.25, 0.3) is 6.08 Å². The number of carbonyl (C=O) groups is 1. The van der Waals surface area contributed by atoms with E-state index in [-0.39, 0.29) is 35.2 Å². The van der Waals surface area contributed by atoms with Gasteiger partial charge in [0.2, 0.25) is 0 Å². The number of thioether (sulfide) groups is 1. The molecule has 0 radical (unpaired) electrons. The number of pyridine rings is 1. The third-order valence-corrected chi connectivity index (χ3v) is 9.13. The monoisotopic (exact) mass is 619 g/mol. The van der Waals surface area contributed by atoms with E-state index in [1.54, 1.807) is 41.8 Å². The molecule has 0 N–H and O–H groups in total. The zero-order valence-electron chi connectivity index (χ0n) is 24.0. The second-order valence-corrected chi connectivity index (χ2v) is 12.2. The van der Waals surface area contributed by atoms with Gasteiger partial charge in [-0.05, 0) is 54.8 Å². The highest BCUT2D eigenvalue weighted by Gasteiger charge is 2.34. The normalized spacial score (nSPS) is 16.3. The number of nitrogens with zero attached hydrogens (tertiary/aromatic N) is 5. The molecule has 7 nitrogen and oxygen atoms in total. The average Bonchev–Trinajstić information content (AvgIpc) is 3.27. The van der Waals surface area contributed by atoms with E-state index in [0.717, 1.165) is 30.2 Å². The SMILES string of the molecule is CCCCn1c(N2CCN(c3ccccc3F)CC2)c(C=C2SC(=S)N(Cc3ccc(F)cc3)C2=O)c(C)c(C#N)c1=O. The Hall–Kier alpha value is -4.01. The van der Waals surface area contributed by atoms with Crippen LogP contribution in [0.3, 0.4) is 0 Å². The number of para-hydroxylation sites is 1. The predicted octanol–water partition coefficient (Wildman–Crippen LogP) is 5.83. The minimum atomic E-state index is -0.363. The number of anilines is 2. The number of hydrogen-bond donors (Lipinski definition) is 0. The molecule has 2 saturated heterocycles. The number of benzene rings is 2. The minimum Gasteiger partial charge on any atom is -0.366 e. The van der Waals surface area contributed by atoms with Crippen molar-refractivity contribution in [3.05, 3.63) is 97.7 Å². The molecule has 3 aromatic rings. The van der Waals surface area contributed by atoms with Crippen molar-refractivity contribution in [2.24, 2.45) is 0 Å². The van der Waals surface area contributed by atoms with Crippen LogP contribution in [-0.2, 0) is 17.9 Å². The van der Waals surface area contributed by atoms with Crippen molar-refractivity contribution in [1.82, 2.24) is 9.47 Å². The van der Waals surface area contributed by atoms with Crippen LogP contribution in [-0.4, -0.2) is 45.9 Å². The van der Waals surface area contributed by atoms with Gasteiger partial charge in [0.15, 0.2) is 0 Å².